The van der Waals surface area contributed by atoms with Gasteiger partial charge in [0, 0.05) is 0 Å². The predicted molar refractivity (Wildman–Crippen MR) is 47.0 cm³/mol. The van der Waals surface area contributed by atoms with Gasteiger partial charge in [0.15, 0.2) is 0 Å². The zero-order valence-corrected chi connectivity index (χ0v) is 8.56. The Morgan fingerprint density at radius 1 is 1.00 bits per heavy atom. The highest BCUT2D eigenvalue weighted by atomic mass is 31.2. The molecule has 0 fully saturated rings. The van der Waals surface area contributed by atoms with E-state index in [-0.39, 0.29) is 0 Å². The number of hydrogen-bond donors (Lipinski definition) is 0. The van der Waals surface area contributed by atoms with E-state index in [1.807, 2.05) is 26.7 Å². The van der Waals surface area contributed by atoms with Gasteiger partial charge in [-0.3, -0.25) is 0 Å². The van der Waals surface area contributed by atoms with E-state index in [9.17, 15) is 4.39 Å². The third kappa shape index (κ3) is 2.48. The molecule has 0 aromatic carbocycles. The highest BCUT2D eigenvalue weighted by molar-refractivity contribution is 7.75. The van der Waals surface area contributed by atoms with Crippen LogP contribution in [0.1, 0.15) is 6.92 Å². The lowest BCUT2D eigenvalue weighted by Crippen LogP contribution is -2.10. The molecule has 0 saturated carbocycles. The van der Waals surface area contributed by atoms with Gasteiger partial charge in [-0.05, 0) is 33.6 Å². The molecular formula is C6H15FP2. The van der Waals surface area contributed by atoms with Crippen molar-refractivity contribution in [2.75, 3.05) is 26.7 Å². The summed E-state index contributed by atoms with van der Waals surface area (Å²) in [4.78, 5) is 0. The predicted octanol–water partition coefficient (Wildman–Crippen LogP) is 3.11. The van der Waals surface area contributed by atoms with E-state index in [0.717, 1.165) is 0 Å². The molecule has 0 amide bonds. The fourth-order valence-corrected chi connectivity index (χ4v) is 3.60. The van der Waals surface area contributed by atoms with Crippen LogP contribution in [0.4, 0.5) is 4.39 Å². The van der Waals surface area contributed by atoms with Crippen LogP contribution in [0.5, 0.6) is 0 Å². The van der Waals surface area contributed by atoms with Crippen molar-refractivity contribution in [1.29, 1.82) is 0 Å². The van der Waals surface area contributed by atoms with Gasteiger partial charge in [-0.15, -0.1) is 0 Å². The fraction of sp³-hybridized carbons (Fsp3) is 1.00. The minimum atomic E-state index is -0.870. The van der Waals surface area contributed by atoms with Crippen LogP contribution in [-0.2, 0) is 0 Å². The summed E-state index contributed by atoms with van der Waals surface area (Å²) in [5, 5.41) is -0.870. The third-order valence-corrected chi connectivity index (χ3v) is 7.30. The molecule has 0 heterocycles. The lowest BCUT2D eigenvalue weighted by atomic mass is 10.9. The van der Waals surface area contributed by atoms with Crippen LogP contribution in [0.3, 0.4) is 0 Å². The second-order valence-electron chi connectivity index (χ2n) is 2.69. The molecule has 0 aromatic rings. The van der Waals surface area contributed by atoms with Crippen molar-refractivity contribution < 1.29 is 4.39 Å². The highest BCUT2D eigenvalue weighted by Gasteiger charge is 2.30. The average molecular weight is 168 g/mol. The van der Waals surface area contributed by atoms with Crippen molar-refractivity contribution in [1.82, 2.24) is 0 Å². The van der Waals surface area contributed by atoms with E-state index < -0.39 is 21.0 Å². The number of hydrogen-bond acceptors (Lipinski definition) is 0. The molecule has 56 valence electrons. The van der Waals surface area contributed by atoms with E-state index in [4.69, 9.17) is 0 Å². The molecule has 0 aliphatic carbocycles. The molecule has 0 nitrogen and oxygen atoms in total. The first-order chi connectivity index (χ1) is 3.89. The first kappa shape index (κ1) is 9.79. The van der Waals surface area contributed by atoms with Crippen molar-refractivity contribution in [3.05, 3.63) is 0 Å². The molecule has 3 heteroatoms. The van der Waals surface area contributed by atoms with Crippen LogP contribution in [0, 0.1) is 0 Å². The van der Waals surface area contributed by atoms with Crippen molar-refractivity contribution in [2.45, 2.75) is 12.1 Å². The molecule has 9 heavy (non-hydrogen) atoms. The maximum absolute atomic E-state index is 13.4. The fourth-order valence-electron chi connectivity index (χ4n) is 0.400. The first-order valence-corrected chi connectivity index (χ1v) is 7.40. The van der Waals surface area contributed by atoms with Crippen molar-refractivity contribution in [3.8, 4) is 0 Å². The van der Waals surface area contributed by atoms with E-state index >= 15 is 0 Å². The summed E-state index contributed by atoms with van der Waals surface area (Å²) in [5.74, 6) is 0. The van der Waals surface area contributed by atoms with Crippen LogP contribution in [0.15, 0.2) is 0 Å². The Morgan fingerprint density at radius 3 is 1.22 bits per heavy atom. The summed E-state index contributed by atoms with van der Waals surface area (Å²) in [6, 6.07) is 0. The third-order valence-electron chi connectivity index (χ3n) is 1.63. The molecule has 0 rings (SSSR count). The summed E-state index contributed by atoms with van der Waals surface area (Å²) < 4.78 is 13.4. The Kier molecular flexibility index (Phi) is 3.55. The Morgan fingerprint density at radius 2 is 1.22 bits per heavy atom. The van der Waals surface area contributed by atoms with Crippen LogP contribution in [0.25, 0.3) is 0 Å². The Balaban J connectivity index is 4.01. The molecular weight excluding hydrogens is 153 g/mol. The Labute approximate surface area is 59.7 Å². The summed E-state index contributed by atoms with van der Waals surface area (Å²) >= 11 is 0. The molecule has 0 aliphatic rings. The topological polar surface area (TPSA) is 0 Å². The van der Waals surface area contributed by atoms with Crippen LogP contribution < -0.4 is 0 Å². The van der Waals surface area contributed by atoms with Gasteiger partial charge < -0.3 is 0 Å². The minimum absolute atomic E-state index is 0.421. The zero-order chi connectivity index (χ0) is 7.65. The highest BCUT2D eigenvalue weighted by Crippen LogP contribution is 2.61. The maximum atomic E-state index is 13.4. The largest absolute Gasteiger partial charge is 0.234 e. The lowest BCUT2D eigenvalue weighted by molar-refractivity contribution is 0.427. The average Bonchev–Trinajstić information content (AvgIpc) is 1.65. The van der Waals surface area contributed by atoms with Crippen molar-refractivity contribution >= 4 is 15.8 Å². The molecule has 0 aromatic heterocycles. The maximum Gasteiger partial charge on any atom is 0.143 e. The van der Waals surface area contributed by atoms with E-state index in [0.29, 0.717) is 0 Å². The van der Waals surface area contributed by atoms with E-state index in [1.165, 1.54) is 0 Å². The van der Waals surface area contributed by atoms with Gasteiger partial charge >= 0.3 is 0 Å². The molecule has 0 saturated heterocycles. The summed E-state index contributed by atoms with van der Waals surface area (Å²) in [7, 11) is -0.842. The van der Waals surface area contributed by atoms with Gasteiger partial charge in [-0.1, -0.05) is 15.8 Å². The van der Waals surface area contributed by atoms with Gasteiger partial charge in [-0.25, -0.2) is 4.39 Å². The quantitative estimate of drug-likeness (QED) is 0.555. The molecule has 0 bridgehead atoms. The van der Waals surface area contributed by atoms with Gasteiger partial charge in [0.2, 0.25) is 0 Å². The van der Waals surface area contributed by atoms with Crippen molar-refractivity contribution in [3.63, 3.8) is 0 Å². The van der Waals surface area contributed by atoms with E-state index in [2.05, 4.69) is 0 Å². The van der Waals surface area contributed by atoms with Crippen LogP contribution >= 0.6 is 15.8 Å². The van der Waals surface area contributed by atoms with Crippen molar-refractivity contribution in [2.24, 2.45) is 0 Å². The summed E-state index contributed by atoms with van der Waals surface area (Å²) in [5.41, 5.74) is 0. The summed E-state index contributed by atoms with van der Waals surface area (Å²) in [6.45, 7) is 9.72. The monoisotopic (exact) mass is 168 g/mol. The molecule has 0 aliphatic heterocycles. The summed E-state index contributed by atoms with van der Waals surface area (Å²) in [6.07, 6.45) is 0. The van der Waals surface area contributed by atoms with Crippen LogP contribution in [0.2, 0.25) is 0 Å². The molecule has 0 atom stereocenters. The second-order valence-corrected chi connectivity index (χ2v) is 8.30. The first-order valence-electron chi connectivity index (χ1n) is 2.93. The number of halogens is 1. The Hall–Kier alpha value is 0.790. The minimum Gasteiger partial charge on any atom is -0.234 e. The van der Waals surface area contributed by atoms with Crippen LogP contribution in [-0.4, -0.2) is 31.8 Å². The SMILES string of the molecule is CP(C)C(C)(F)P(C)C. The number of alkyl halides is 1. The molecule has 0 N–H and O–H groups in total. The normalized spacial score (nSPS) is 13.3. The van der Waals surface area contributed by atoms with E-state index in [1.54, 1.807) is 6.92 Å². The van der Waals surface area contributed by atoms with Gasteiger partial charge in [0.25, 0.3) is 0 Å². The molecule has 0 radical (unpaired) electrons. The van der Waals surface area contributed by atoms with Gasteiger partial charge in [0.05, 0.1) is 0 Å². The lowest BCUT2D eigenvalue weighted by Gasteiger charge is -2.29. The second kappa shape index (κ2) is 3.26. The standard InChI is InChI=1S/C6H15FP2/c1-6(7,8(2)3)9(4)5/h1-5H3. The number of rotatable bonds is 2. The van der Waals surface area contributed by atoms with Gasteiger partial charge in [-0.2, -0.15) is 0 Å². The molecule has 0 unspecified atom stereocenters. The molecule has 0 spiro atoms. The smallest absolute Gasteiger partial charge is 0.143 e. The van der Waals surface area contributed by atoms with Gasteiger partial charge in [0.1, 0.15) is 5.15 Å². The zero-order valence-electron chi connectivity index (χ0n) is 6.77. The Bertz CT molecular complexity index is 79.1.